The maximum atomic E-state index is 5.80. The number of nitrogens with zero attached hydrogens (tertiary/aromatic N) is 3. The summed E-state index contributed by atoms with van der Waals surface area (Å²) >= 11 is 0. The molecule has 0 aliphatic carbocycles. The number of methoxy groups -OCH3 is 1. The van der Waals surface area contributed by atoms with Crippen LogP contribution < -0.4 is 4.74 Å². The van der Waals surface area contributed by atoms with Crippen molar-refractivity contribution >= 4 is 0 Å². The largest absolute Gasteiger partial charge is 0.497 e. The molecule has 0 amide bonds. The lowest BCUT2D eigenvalue weighted by molar-refractivity contribution is 0.160. The molecule has 1 fully saturated rings. The van der Waals surface area contributed by atoms with Gasteiger partial charge in [0.25, 0.3) is 0 Å². The number of pyridine rings is 1. The first-order valence-electron chi connectivity index (χ1n) is 9.57. The first-order valence-corrected chi connectivity index (χ1v) is 9.57. The summed E-state index contributed by atoms with van der Waals surface area (Å²) in [6.07, 6.45) is 8.53. The second kappa shape index (κ2) is 8.35. The maximum absolute atomic E-state index is 5.80. The van der Waals surface area contributed by atoms with Gasteiger partial charge in [-0.3, -0.25) is 9.88 Å². The van der Waals surface area contributed by atoms with Gasteiger partial charge in [0.1, 0.15) is 11.4 Å². The molecule has 0 unspecified atom stereocenters. The lowest BCUT2D eigenvalue weighted by Gasteiger charge is -2.27. The van der Waals surface area contributed by atoms with E-state index in [0.29, 0.717) is 0 Å². The number of rotatable bonds is 5. The molecule has 1 aliphatic heterocycles. The molecule has 27 heavy (non-hydrogen) atoms. The number of aromatic nitrogens is 2. The van der Waals surface area contributed by atoms with Gasteiger partial charge in [0.2, 0.25) is 0 Å². The van der Waals surface area contributed by atoms with Crippen LogP contribution in [0.5, 0.6) is 5.75 Å². The Morgan fingerprint density at radius 1 is 1.07 bits per heavy atom. The number of hydrogen-bond donors (Lipinski definition) is 0. The summed E-state index contributed by atoms with van der Waals surface area (Å²) in [7, 11) is 1.67. The van der Waals surface area contributed by atoms with Crippen LogP contribution in [0.15, 0.2) is 59.4 Å². The molecule has 0 bridgehead atoms. The van der Waals surface area contributed by atoms with Crippen molar-refractivity contribution in [3.63, 3.8) is 0 Å². The third-order valence-electron chi connectivity index (χ3n) is 5.24. The Morgan fingerprint density at radius 3 is 2.67 bits per heavy atom. The van der Waals surface area contributed by atoms with Crippen molar-refractivity contribution in [2.45, 2.75) is 38.3 Å². The van der Waals surface area contributed by atoms with Gasteiger partial charge >= 0.3 is 0 Å². The van der Waals surface area contributed by atoms with E-state index in [1.807, 2.05) is 36.7 Å². The molecule has 1 aliphatic rings. The molecule has 5 heteroatoms. The summed E-state index contributed by atoms with van der Waals surface area (Å²) in [5.41, 5.74) is 3.20. The molecule has 1 aromatic carbocycles. The van der Waals surface area contributed by atoms with Gasteiger partial charge in [-0.25, -0.2) is 0 Å². The Morgan fingerprint density at radius 2 is 1.89 bits per heavy atom. The fourth-order valence-electron chi connectivity index (χ4n) is 3.75. The van der Waals surface area contributed by atoms with Gasteiger partial charge in [0.15, 0.2) is 5.76 Å². The Bertz CT molecular complexity index is 846. The Hall–Kier alpha value is -2.66. The average molecular weight is 363 g/mol. The molecule has 3 aromatic rings. The standard InChI is InChI=1S/C22H25N3O2/c1-26-19-8-6-18(7-9-19)20-15-22(27-24-20)21-5-3-2-4-14-25(21)16-17-10-12-23-13-11-17/h6-13,15,21H,2-5,14,16H2,1H3/t21-/m0/s1. The molecule has 140 valence electrons. The predicted octanol–water partition coefficient (Wildman–Crippen LogP) is 4.86. The minimum atomic E-state index is 0.264. The zero-order valence-corrected chi connectivity index (χ0v) is 15.7. The summed E-state index contributed by atoms with van der Waals surface area (Å²) in [4.78, 5) is 6.64. The third kappa shape index (κ3) is 4.19. The molecule has 2 aromatic heterocycles. The molecular weight excluding hydrogens is 338 g/mol. The van der Waals surface area contributed by atoms with Gasteiger partial charge in [-0.15, -0.1) is 0 Å². The summed E-state index contributed by atoms with van der Waals surface area (Å²) in [5.74, 6) is 1.80. The van der Waals surface area contributed by atoms with E-state index in [4.69, 9.17) is 9.26 Å². The highest BCUT2D eigenvalue weighted by atomic mass is 16.5. The van der Waals surface area contributed by atoms with Gasteiger partial charge in [-0.05, 0) is 61.3 Å². The van der Waals surface area contributed by atoms with Crippen LogP contribution in [0.2, 0.25) is 0 Å². The fourth-order valence-corrected chi connectivity index (χ4v) is 3.75. The lowest BCUT2D eigenvalue weighted by Crippen LogP contribution is -2.27. The van der Waals surface area contributed by atoms with E-state index in [1.54, 1.807) is 7.11 Å². The highest BCUT2D eigenvalue weighted by Crippen LogP contribution is 2.33. The van der Waals surface area contributed by atoms with Crippen molar-refractivity contribution < 1.29 is 9.26 Å². The van der Waals surface area contributed by atoms with Gasteiger partial charge < -0.3 is 9.26 Å². The molecule has 0 N–H and O–H groups in total. The van der Waals surface area contributed by atoms with Crippen molar-refractivity contribution in [1.82, 2.24) is 15.0 Å². The van der Waals surface area contributed by atoms with Crippen molar-refractivity contribution in [2.24, 2.45) is 0 Å². The van der Waals surface area contributed by atoms with Crippen LogP contribution in [0, 0.1) is 0 Å². The number of likely N-dealkylation sites (tertiary alicyclic amines) is 1. The van der Waals surface area contributed by atoms with Crippen molar-refractivity contribution in [1.29, 1.82) is 0 Å². The number of hydrogen-bond acceptors (Lipinski definition) is 5. The van der Waals surface area contributed by atoms with Crippen LogP contribution in [0.4, 0.5) is 0 Å². The highest BCUT2D eigenvalue weighted by Gasteiger charge is 2.26. The first kappa shape index (κ1) is 17.7. The Labute approximate surface area is 160 Å². The molecule has 4 rings (SSSR count). The van der Waals surface area contributed by atoms with Crippen LogP contribution in [0.25, 0.3) is 11.3 Å². The highest BCUT2D eigenvalue weighted by molar-refractivity contribution is 5.60. The van der Waals surface area contributed by atoms with E-state index in [0.717, 1.165) is 42.3 Å². The van der Waals surface area contributed by atoms with Crippen molar-refractivity contribution in [3.05, 3.63) is 66.2 Å². The molecule has 1 saturated heterocycles. The monoisotopic (exact) mass is 363 g/mol. The minimum absolute atomic E-state index is 0.264. The summed E-state index contributed by atoms with van der Waals surface area (Å²) in [6.45, 7) is 1.98. The summed E-state index contributed by atoms with van der Waals surface area (Å²) in [6, 6.07) is 14.5. The second-order valence-electron chi connectivity index (χ2n) is 7.03. The van der Waals surface area contributed by atoms with Gasteiger partial charge in [0, 0.05) is 30.6 Å². The zero-order valence-electron chi connectivity index (χ0n) is 15.7. The molecule has 0 saturated carbocycles. The predicted molar refractivity (Wildman–Crippen MR) is 104 cm³/mol. The van der Waals surface area contributed by atoms with Crippen LogP contribution in [0.1, 0.15) is 43.0 Å². The SMILES string of the molecule is COc1ccc(-c2cc([C@@H]3CCCCCN3Cc3ccncc3)on2)cc1. The van der Waals surface area contributed by atoms with Crippen LogP contribution in [0.3, 0.4) is 0 Å². The summed E-state index contributed by atoms with van der Waals surface area (Å²) < 4.78 is 11.0. The van der Waals surface area contributed by atoms with Gasteiger partial charge in [0.05, 0.1) is 13.2 Å². The van der Waals surface area contributed by atoms with Gasteiger partial charge in [-0.2, -0.15) is 0 Å². The van der Waals surface area contributed by atoms with Crippen LogP contribution in [-0.2, 0) is 6.54 Å². The van der Waals surface area contributed by atoms with E-state index < -0.39 is 0 Å². The Kier molecular flexibility index (Phi) is 5.49. The third-order valence-corrected chi connectivity index (χ3v) is 5.24. The van der Waals surface area contributed by atoms with Crippen LogP contribution >= 0.6 is 0 Å². The average Bonchev–Trinajstić information content (AvgIpc) is 3.10. The van der Waals surface area contributed by atoms with Crippen molar-refractivity contribution in [2.75, 3.05) is 13.7 Å². The second-order valence-corrected chi connectivity index (χ2v) is 7.03. The van der Waals surface area contributed by atoms with Gasteiger partial charge in [-0.1, -0.05) is 18.0 Å². The fraction of sp³-hybridized carbons (Fsp3) is 0.364. The molecular formula is C22H25N3O2. The van der Waals surface area contributed by atoms with E-state index in [1.165, 1.54) is 24.8 Å². The van der Waals surface area contributed by atoms with E-state index in [9.17, 15) is 0 Å². The zero-order chi connectivity index (χ0) is 18.5. The summed E-state index contributed by atoms with van der Waals surface area (Å²) in [5, 5.41) is 4.34. The van der Waals surface area contributed by atoms with E-state index in [2.05, 4.69) is 33.2 Å². The van der Waals surface area contributed by atoms with Crippen molar-refractivity contribution in [3.8, 4) is 17.0 Å². The van der Waals surface area contributed by atoms with E-state index >= 15 is 0 Å². The smallest absolute Gasteiger partial charge is 0.154 e. The first-order chi connectivity index (χ1) is 13.3. The normalized spacial score (nSPS) is 18.2. The maximum Gasteiger partial charge on any atom is 0.154 e. The lowest BCUT2D eigenvalue weighted by atomic mass is 10.0. The molecule has 5 nitrogen and oxygen atoms in total. The number of ether oxygens (including phenoxy) is 1. The molecule has 0 spiro atoms. The van der Waals surface area contributed by atoms with E-state index in [-0.39, 0.29) is 6.04 Å². The topological polar surface area (TPSA) is 51.4 Å². The molecule has 1 atom stereocenters. The minimum Gasteiger partial charge on any atom is -0.497 e. The quantitative estimate of drug-likeness (QED) is 0.648. The number of benzene rings is 1. The molecule has 3 heterocycles. The Balaban J connectivity index is 1.56. The van der Waals surface area contributed by atoms with Crippen LogP contribution in [-0.4, -0.2) is 28.7 Å². The molecule has 0 radical (unpaired) electrons.